The van der Waals surface area contributed by atoms with Crippen molar-refractivity contribution in [1.29, 1.82) is 0 Å². The minimum atomic E-state index is -0.826. The molecule has 8 saturated carbocycles. The number of hydrogen-bond acceptors (Lipinski definition) is 0. The molecular weight excluding hydrogens is 2080 g/mol. The van der Waals surface area contributed by atoms with Crippen molar-refractivity contribution in [1.82, 2.24) is 0 Å². The molecule has 7 aromatic carbocycles. The molecule has 0 nitrogen and oxygen atoms in total. The Balaban J connectivity index is -0.000000353. The predicted octanol–water partition coefficient (Wildman–Crippen LogP) is 42.2. The number of benzene rings is 7. The van der Waals surface area contributed by atoms with Gasteiger partial charge in [-0.3, -0.25) is 0 Å². The molecule has 0 bridgehead atoms. The first-order chi connectivity index (χ1) is 64.7. The van der Waals surface area contributed by atoms with Crippen LogP contribution >= 0.6 is 17.0 Å². The summed E-state index contributed by atoms with van der Waals surface area (Å²) in [7, 11) is 9.87. The Kier molecular flexibility index (Phi) is 100. The van der Waals surface area contributed by atoms with Crippen molar-refractivity contribution in [3.05, 3.63) is 524 Å². The molecule has 0 aliphatic heterocycles. The summed E-state index contributed by atoms with van der Waals surface area (Å²) in [6.07, 6.45) is 102. The van der Waals surface area contributed by atoms with Crippen molar-refractivity contribution in [2.75, 3.05) is 0 Å². The van der Waals surface area contributed by atoms with E-state index in [2.05, 4.69) is 246 Å². The van der Waals surface area contributed by atoms with Crippen LogP contribution in [-0.2, 0) is 106 Å². The third-order valence-corrected chi connectivity index (χ3v) is 28.0. The molecule has 6 heteroatoms. The maximum absolute atomic E-state index is 4.93. The van der Waals surface area contributed by atoms with E-state index in [-0.39, 0.29) is 138 Å². The smallest absolute Gasteiger partial charge is 4.00 e. The fourth-order valence-electron chi connectivity index (χ4n) is 20.6. The van der Waals surface area contributed by atoms with E-state index in [1.165, 1.54) is 224 Å². The van der Waals surface area contributed by atoms with Gasteiger partial charge < -0.3 is 59.4 Å². The van der Waals surface area contributed by atoms with Gasteiger partial charge in [-0.1, -0.05) is 323 Å². The Labute approximate surface area is 963 Å². The summed E-state index contributed by atoms with van der Waals surface area (Å²) in [5, 5.41) is 0. The number of rotatable bonds is 16. The summed E-state index contributed by atoms with van der Waals surface area (Å²) < 4.78 is 0. The van der Waals surface area contributed by atoms with E-state index in [0.717, 1.165) is 134 Å². The molecule has 0 saturated heterocycles. The average molecular weight is 2280 g/mol. The van der Waals surface area contributed by atoms with Crippen LogP contribution in [0.15, 0.2) is 384 Å². The van der Waals surface area contributed by atoms with Crippen LogP contribution < -0.4 is 0 Å². The van der Waals surface area contributed by atoms with Crippen LogP contribution in [0.4, 0.5) is 0 Å². The van der Waals surface area contributed by atoms with Gasteiger partial charge >= 0.3 is 116 Å². The molecule has 15 unspecified atom stereocenters. The minimum absolute atomic E-state index is 0. The second kappa shape index (κ2) is 97.0. The molecule has 0 aromatic heterocycles. The van der Waals surface area contributed by atoms with Crippen molar-refractivity contribution in [2.24, 2.45) is 101 Å². The molecular formula is C137H194Cl2Zr4. The van der Waals surface area contributed by atoms with Gasteiger partial charge in [-0.15, -0.1) is 99.1 Å². The monoisotopic (exact) mass is 2270 g/mol. The van der Waals surface area contributed by atoms with Gasteiger partial charge in [-0.05, 0) is 228 Å². The normalized spacial score (nSPS) is 22.4. The fraction of sp³-hybridized carbons (Fsp3) is 0.387. The van der Waals surface area contributed by atoms with Gasteiger partial charge in [0.05, 0.1) is 0 Å². The van der Waals surface area contributed by atoms with Crippen molar-refractivity contribution in [2.45, 2.75) is 232 Å². The number of unbranched alkanes of at least 4 members (excludes halogenated alkanes) is 1. The molecule has 20 rings (SSSR count). The number of halogens is 2. The zero-order valence-corrected chi connectivity index (χ0v) is 103. The fourth-order valence-corrected chi connectivity index (χ4v) is 20.6. The van der Waals surface area contributed by atoms with Crippen LogP contribution in [0.5, 0.6) is 0 Å². The molecule has 8 fully saturated rings. The molecule has 0 amide bonds. The van der Waals surface area contributed by atoms with E-state index >= 15 is 0 Å². The average Bonchev–Trinajstić information content (AvgIpc) is 1.70. The third kappa shape index (κ3) is 67.8. The molecule has 13 aliphatic rings. The summed E-state index contributed by atoms with van der Waals surface area (Å²) >= 11 is -0.826. The zero-order valence-electron chi connectivity index (χ0n) is 91.2. The Bertz CT molecular complexity index is 3900. The molecule has 15 atom stereocenters. The van der Waals surface area contributed by atoms with Crippen LogP contribution in [0.2, 0.25) is 0 Å². The molecule has 0 N–H and O–H groups in total. The van der Waals surface area contributed by atoms with Gasteiger partial charge in [0.2, 0.25) is 0 Å². The molecule has 143 heavy (non-hydrogen) atoms. The van der Waals surface area contributed by atoms with Gasteiger partial charge in [0.1, 0.15) is 0 Å². The Morgan fingerprint density at radius 3 is 0.783 bits per heavy atom. The second-order valence-electron chi connectivity index (χ2n) is 38.1. The Morgan fingerprint density at radius 1 is 0.280 bits per heavy atom. The minimum Gasteiger partial charge on any atom is 4.00 e. The largest absolute Gasteiger partial charge is 4.00 e. The van der Waals surface area contributed by atoms with Crippen LogP contribution in [-0.4, -0.2) is 0 Å². The van der Waals surface area contributed by atoms with Gasteiger partial charge in [-0.25, -0.2) is 0 Å². The zero-order chi connectivity index (χ0) is 94.3. The maximum atomic E-state index is 4.93. The van der Waals surface area contributed by atoms with Gasteiger partial charge in [0.15, 0.2) is 0 Å². The topological polar surface area (TPSA) is 0 Å². The molecule has 0 radical (unpaired) electrons. The number of fused-ring (bicyclic) bond motifs is 5. The van der Waals surface area contributed by atoms with E-state index in [9.17, 15) is 0 Å². The second-order valence-corrected chi connectivity index (χ2v) is 41.9. The van der Waals surface area contributed by atoms with Crippen molar-refractivity contribution in [3.63, 3.8) is 0 Å². The van der Waals surface area contributed by atoms with E-state index in [4.69, 9.17) is 17.0 Å². The first-order valence-electron chi connectivity index (χ1n) is 51.1. The Hall–Kier alpha value is -5.77. The van der Waals surface area contributed by atoms with Crippen molar-refractivity contribution < 1.29 is 99.5 Å². The molecule has 13 aliphatic carbocycles. The van der Waals surface area contributed by atoms with Crippen LogP contribution in [0, 0.1) is 202 Å². The van der Waals surface area contributed by atoms with E-state index < -0.39 is 20.8 Å². The summed E-state index contributed by atoms with van der Waals surface area (Å²) in [5.74, 6) is 15.4. The third-order valence-electron chi connectivity index (χ3n) is 28.0. The SMILES string of the molecule is C1=CC2CCC(CCc3ccccc3)C2C=C1.C1=CC2CCCC2C=C1.C1=CC2CCCC2C=C1.C=CCC1CCC2C=CC=CC21.C=CCC1CCC2C=CC=CC21.C=CCCC1CCC(C)C1.C=CCCC1CCCC1.CCCCC1CCCC1.[CH2-]c1ccccc1.[CH2-]c1ccccc1.[CH2-]c1ccccc1.[CH2-]c1ccccc1.[CH2-]c1ccccc1.[CH2-]c1ccccc1.[CH3-].[CH3-].[CH3-].[CH3-].[CH3-].[CH3-].[CH3-].[CH3-].[Cl][Zr+2][Cl].[Zr+4].[Zr+4].[Zr+4]. The summed E-state index contributed by atoms with van der Waals surface area (Å²) in [6.45, 7) is 42.1. The van der Waals surface area contributed by atoms with E-state index in [0.29, 0.717) is 0 Å². The molecule has 0 heterocycles. The molecule has 0 spiro atoms. The van der Waals surface area contributed by atoms with Crippen molar-refractivity contribution in [3.8, 4) is 0 Å². The summed E-state index contributed by atoms with van der Waals surface area (Å²) in [5.41, 5.74) is 7.92. The first kappa shape index (κ1) is 148. The first-order valence-corrected chi connectivity index (χ1v) is 57.4. The number of hydrogen-bond donors (Lipinski definition) is 0. The van der Waals surface area contributed by atoms with Crippen LogP contribution in [0.1, 0.15) is 265 Å². The van der Waals surface area contributed by atoms with Gasteiger partial charge in [-0.2, -0.15) is 148 Å². The predicted molar refractivity (Wildman–Crippen MR) is 634 cm³/mol. The van der Waals surface area contributed by atoms with E-state index in [1.807, 2.05) is 194 Å². The molecule has 772 valence electrons. The number of aryl methyl sites for hydroxylation is 1. The van der Waals surface area contributed by atoms with Gasteiger partial charge in [0, 0.05) is 0 Å². The van der Waals surface area contributed by atoms with Crippen molar-refractivity contribution >= 4 is 17.0 Å². The van der Waals surface area contributed by atoms with Crippen LogP contribution in [0.25, 0.3) is 0 Å². The summed E-state index contributed by atoms with van der Waals surface area (Å²) in [6, 6.07) is 70.2. The Morgan fingerprint density at radius 2 is 0.531 bits per heavy atom. The summed E-state index contributed by atoms with van der Waals surface area (Å²) in [4.78, 5) is 0. The van der Waals surface area contributed by atoms with Crippen LogP contribution in [0.3, 0.4) is 0 Å². The van der Waals surface area contributed by atoms with E-state index in [1.54, 1.807) is 0 Å². The maximum Gasteiger partial charge on any atom is 4.00 e. The standard InChI is InChI=1S/C17H20.2C12H16.C10H18.2C9H12.C9H18.C9H16.6C7H7.8CH3.2ClH.4Zr/c1-2-6-14(7-3-1)10-11-16-13-12-15-8-4-5-9-17(15)16;2*1-2-5-10-8-9-11-6-3-4-7-12(10)11;1-3-4-5-10-7-6-9(2)8-10;2*1-2-5-9-7-3-6-8(9)4-1;2*1-2-3-6-9-7-4-5-8-9;6*1-7-5-3-2-4-6-7;;;;;;;;;;;;;;/h1-9,15-17H,10-13H2;2*2-4,6-7,10-12H,1,5,8-9H2;3,9-10H,1,4-8H2,2H3;2*1-2,4-5,8-9H,3,6-7H2;9H,2-8H2,1H3;2,9H,1,3-8H2;6*2-6H,1H2;8*1H3;2*1H;;;;/q;;;;;;;;14*-1;;;4*+4/p-2. The van der Waals surface area contributed by atoms with Gasteiger partial charge in [0.25, 0.3) is 0 Å². The quantitative estimate of drug-likeness (QED) is 0.0668. The molecule has 7 aromatic rings. The number of allylic oxidation sites excluding steroid dienone is 24.